The second-order valence-electron chi connectivity index (χ2n) is 6.58. The van der Waals surface area contributed by atoms with Crippen molar-refractivity contribution in [1.82, 2.24) is 0 Å². The lowest BCUT2D eigenvalue weighted by Gasteiger charge is -2.23. The molecule has 136 valence electrons. The van der Waals surface area contributed by atoms with E-state index in [4.69, 9.17) is 11.6 Å². The second-order valence-corrected chi connectivity index (χ2v) is 6.99. The molecule has 0 saturated carbocycles. The molecule has 2 rings (SSSR count). The number of halogens is 1. The van der Waals surface area contributed by atoms with Crippen LogP contribution in [0.25, 0.3) is 0 Å². The molecule has 0 heterocycles. The standard InChI is InChI=1S/C20H21ClN2O3/c1-12-16(21)6-5-7-17(12)23-19(26)20(3,4)18(25)22-15-10-8-14(9-11-15)13(2)24/h5-11H,1-4H3,(H,22,25)(H,23,26). The molecule has 2 amide bonds. The van der Waals surface area contributed by atoms with Gasteiger partial charge in [-0.15, -0.1) is 0 Å². The van der Waals surface area contributed by atoms with Crippen molar-refractivity contribution in [3.8, 4) is 0 Å². The van der Waals surface area contributed by atoms with Gasteiger partial charge in [-0.1, -0.05) is 17.7 Å². The molecule has 2 N–H and O–H groups in total. The van der Waals surface area contributed by atoms with Gasteiger partial charge in [-0.3, -0.25) is 14.4 Å². The fraction of sp³-hybridized carbons (Fsp3) is 0.250. The second kappa shape index (κ2) is 7.70. The number of carbonyl (C=O) groups is 3. The van der Waals surface area contributed by atoms with Crippen LogP contribution in [0.5, 0.6) is 0 Å². The zero-order valence-electron chi connectivity index (χ0n) is 15.1. The molecule has 2 aromatic carbocycles. The third-order valence-corrected chi connectivity index (χ3v) is 4.61. The maximum Gasteiger partial charge on any atom is 0.239 e. The maximum atomic E-state index is 12.6. The lowest BCUT2D eigenvalue weighted by Crippen LogP contribution is -2.41. The summed E-state index contributed by atoms with van der Waals surface area (Å²) >= 11 is 6.06. The van der Waals surface area contributed by atoms with E-state index in [1.807, 2.05) is 0 Å². The molecule has 0 aliphatic heterocycles. The lowest BCUT2D eigenvalue weighted by molar-refractivity contribution is -0.135. The summed E-state index contributed by atoms with van der Waals surface area (Å²) in [7, 11) is 0. The van der Waals surface area contributed by atoms with Crippen molar-refractivity contribution in [3.63, 3.8) is 0 Å². The molecule has 0 spiro atoms. The quantitative estimate of drug-likeness (QED) is 0.601. The van der Waals surface area contributed by atoms with Gasteiger partial charge in [-0.2, -0.15) is 0 Å². The summed E-state index contributed by atoms with van der Waals surface area (Å²) in [5.41, 5.74) is 1.05. The summed E-state index contributed by atoms with van der Waals surface area (Å²) in [6.07, 6.45) is 0. The zero-order valence-corrected chi connectivity index (χ0v) is 15.9. The van der Waals surface area contributed by atoms with Crippen molar-refractivity contribution in [2.75, 3.05) is 10.6 Å². The van der Waals surface area contributed by atoms with Crippen LogP contribution in [0.1, 0.15) is 36.7 Å². The van der Waals surface area contributed by atoms with Crippen molar-refractivity contribution in [3.05, 3.63) is 58.6 Å². The third kappa shape index (κ3) is 4.29. The molecule has 2 aromatic rings. The maximum absolute atomic E-state index is 12.6. The molecule has 0 atom stereocenters. The Bertz CT molecular complexity index is 858. The summed E-state index contributed by atoms with van der Waals surface area (Å²) in [5, 5.41) is 5.99. The van der Waals surface area contributed by atoms with Crippen LogP contribution in [-0.2, 0) is 9.59 Å². The highest BCUT2D eigenvalue weighted by Crippen LogP contribution is 2.26. The van der Waals surface area contributed by atoms with Gasteiger partial charge in [-0.25, -0.2) is 0 Å². The van der Waals surface area contributed by atoms with Crippen LogP contribution in [0, 0.1) is 12.3 Å². The highest BCUT2D eigenvalue weighted by Gasteiger charge is 2.36. The van der Waals surface area contributed by atoms with Crippen molar-refractivity contribution in [1.29, 1.82) is 0 Å². The number of hydrogen-bond donors (Lipinski definition) is 2. The fourth-order valence-corrected chi connectivity index (χ4v) is 2.37. The predicted molar refractivity (Wildman–Crippen MR) is 104 cm³/mol. The van der Waals surface area contributed by atoms with Crippen molar-refractivity contribution in [2.24, 2.45) is 5.41 Å². The lowest BCUT2D eigenvalue weighted by atomic mass is 9.90. The van der Waals surface area contributed by atoms with Gasteiger partial charge in [0.15, 0.2) is 5.78 Å². The van der Waals surface area contributed by atoms with Crippen molar-refractivity contribution in [2.45, 2.75) is 27.7 Å². The van der Waals surface area contributed by atoms with E-state index < -0.39 is 17.2 Å². The van der Waals surface area contributed by atoms with E-state index in [0.717, 1.165) is 5.56 Å². The molecule has 0 aliphatic carbocycles. The molecule has 6 heteroatoms. The van der Waals surface area contributed by atoms with Gasteiger partial charge < -0.3 is 10.6 Å². The fourth-order valence-electron chi connectivity index (χ4n) is 2.20. The van der Waals surface area contributed by atoms with Gasteiger partial charge in [0.1, 0.15) is 5.41 Å². The SMILES string of the molecule is CC(=O)c1ccc(NC(=O)C(C)(C)C(=O)Nc2cccc(Cl)c2C)cc1. The molecule has 5 nitrogen and oxygen atoms in total. The monoisotopic (exact) mass is 372 g/mol. The number of benzene rings is 2. The molecular formula is C20H21ClN2O3. The van der Waals surface area contributed by atoms with Crippen LogP contribution in [0.2, 0.25) is 5.02 Å². The zero-order chi connectivity index (χ0) is 19.5. The number of Topliss-reactive ketones (excluding diaryl/α,β-unsaturated/α-hetero) is 1. The highest BCUT2D eigenvalue weighted by molar-refractivity contribution is 6.31. The molecule has 0 aromatic heterocycles. The first-order valence-corrected chi connectivity index (χ1v) is 8.49. The predicted octanol–water partition coefficient (Wildman–Crippen LogP) is 4.45. The Balaban J connectivity index is 2.12. The van der Waals surface area contributed by atoms with E-state index in [9.17, 15) is 14.4 Å². The first-order valence-electron chi connectivity index (χ1n) is 8.12. The third-order valence-electron chi connectivity index (χ3n) is 4.20. The Hall–Kier alpha value is -2.66. The van der Waals surface area contributed by atoms with Crippen LogP contribution < -0.4 is 10.6 Å². The summed E-state index contributed by atoms with van der Waals surface area (Å²) < 4.78 is 0. The molecule has 0 radical (unpaired) electrons. The Kier molecular flexibility index (Phi) is 5.83. The van der Waals surface area contributed by atoms with Crippen molar-refractivity contribution >= 4 is 40.6 Å². The minimum absolute atomic E-state index is 0.0560. The molecule has 0 unspecified atom stereocenters. The number of rotatable bonds is 5. The summed E-state index contributed by atoms with van der Waals surface area (Å²) in [6.45, 7) is 6.35. The molecule has 0 bridgehead atoms. The first kappa shape index (κ1) is 19.7. The van der Waals surface area contributed by atoms with Gasteiger partial charge >= 0.3 is 0 Å². The number of nitrogens with one attached hydrogen (secondary N) is 2. The summed E-state index contributed by atoms with van der Waals surface area (Å²) in [5.74, 6) is -0.953. The Morgan fingerprint density at radius 1 is 0.923 bits per heavy atom. The molecular weight excluding hydrogens is 352 g/mol. The van der Waals surface area contributed by atoms with Crippen LogP contribution >= 0.6 is 11.6 Å². The van der Waals surface area contributed by atoms with Gasteiger partial charge in [-0.05, 0) is 69.7 Å². The topological polar surface area (TPSA) is 75.3 Å². The van der Waals surface area contributed by atoms with Crippen LogP contribution in [0.3, 0.4) is 0 Å². The van der Waals surface area contributed by atoms with Gasteiger partial charge in [0.2, 0.25) is 11.8 Å². The number of ketones is 1. The molecule has 26 heavy (non-hydrogen) atoms. The summed E-state index contributed by atoms with van der Waals surface area (Å²) in [6, 6.07) is 11.7. The van der Waals surface area contributed by atoms with E-state index in [2.05, 4.69) is 10.6 Å². The van der Waals surface area contributed by atoms with E-state index in [-0.39, 0.29) is 5.78 Å². The largest absolute Gasteiger partial charge is 0.325 e. The minimum atomic E-state index is -1.31. The molecule has 0 saturated heterocycles. The average Bonchev–Trinajstić information content (AvgIpc) is 2.59. The van der Waals surface area contributed by atoms with Crippen LogP contribution in [0.4, 0.5) is 11.4 Å². The van der Waals surface area contributed by atoms with E-state index in [1.54, 1.807) is 63.2 Å². The number of anilines is 2. The van der Waals surface area contributed by atoms with E-state index >= 15 is 0 Å². The highest BCUT2D eigenvalue weighted by atomic mass is 35.5. The van der Waals surface area contributed by atoms with Gasteiger partial charge in [0.05, 0.1) is 0 Å². The Morgan fingerprint density at radius 2 is 1.50 bits per heavy atom. The van der Waals surface area contributed by atoms with Crippen LogP contribution in [-0.4, -0.2) is 17.6 Å². The molecule has 0 fully saturated rings. The first-order chi connectivity index (χ1) is 12.1. The van der Waals surface area contributed by atoms with E-state index in [1.165, 1.54) is 6.92 Å². The Labute approximate surface area is 157 Å². The number of amides is 2. The van der Waals surface area contributed by atoms with Gasteiger partial charge in [0.25, 0.3) is 0 Å². The normalized spacial score (nSPS) is 11.0. The minimum Gasteiger partial charge on any atom is -0.325 e. The van der Waals surface area contributed by atoms with Crippen LogP contribution in [0.15, 0.2) is 42.5 Å². The average molecular weight is 373 g/mol. The molecule has 0 aliphatic rings. The number of carbonyl (C=O) groups excluding carboxylic acids is 3. The summed E-state index contributed by atoms with van der Waals surface area (Å²) in [4.78, 5) is 36.5. The van der Waals surface area contributed by atoms with Gasteiger partial charge in [0, 0.05) is 22.0 Å². The Morgan fingerprint density at radius 3 is 2.08 bits per heavy atom. The smallest absolute Gasteiger partial charge is 0.239 e. The number of hydrogen-bond acceptors (Lipinski definition) is 3. The van der Waals surface area contributed by atoms with E-state index in [0.29, 0.717) is 22.0 Å². The van der Waals surface area contributed by atoms with Crippen molar-refractivity contribution < 1.29 is 14.4 Å².